The van der Waals surface area contributed by atoms with Crippen molar-refractivity contribution in [3.63, 3.8) is 0 Å². The van der Waals surface area contributed by atoms with Gasteiger partial charge in [-0.1, -0.05) is 163 Å². The van der Waals surface area contributed by atoms with Gasteiger partial charge in [0.1, 0.15) is 0 Å². The average Bonchev–Trinajstić information content (AvgIpc) is 3.90. The van der Waals surface area contributed by atoms with E-state index < -0.39 is 10.0 Å². The largest absolute Gasteiger partial charge is 0.345 e. The van der Waals surface area contributed by atoms with Crippen LogP contribution in [0.5, 0.6) is 0 Å². The van der Waals surface area contributed by atoms with Gasteiger partial charge in [0.2, 0.25) is 0 Å². The Kier molecular flexibility index (Phi) is 14.7. The van der Waals surface area contributed by atoms with Crippen LogP contribution in [0.3, 0.4) is 0 Å². The van der Waals surface area contributed by atoms with Gasteiger partial charge in [-0.05, 0) is 97.5 Å². The fourth-order valence-electron chi connectivity index (χ4n) is 8.73. The maximum Gasteiger partial charge on any atom is 0.282 e. The van der Waals surface area contributed by atoms with Gasteiger partial charge in [-0.15, -0.1) is 0 Å². The summed E-state index contributed by atoms with van der Waals surface area (Å²) in [4.78, 5) is 38.0. The van der Waals surface area contributed by atoms with Crippen LogP contribution < -0.4 is 5.32 Å². The first-order chi connectivity index (χ1) is 34.6. The molecule has 3 aromatic heterocycles. The second kappa shape index (κ2) is 21.9. The number of nitrogens with one attached hydrogen (secondary N) is 1. The summed E-state index contributed by atoms with van der Waals surface area (Å²) in [5.41, 5.74) is 11.9. The SMILES string of the molecule is Cc1ccc(S(=O)(=O)N=Cc2ccccc2)cc1.Cc1ccc2ccccc2n1.O=C1CC(Cc2ccc3ccccc3n2)c2ccccc21.O=C1NC(Cc2ccc3ccccc3n2)c2ccccc21. The summed E-state index contributed by atoms with van der Waals surface area (Å²) in [5, 5.41) is 6.54. The van der Waals surface area contributed by atoms with Crippen molar-refractivity contribution in [3.05, 3.63) is 263 Å². The average molecular weight is 950 g/mol. The number of fused-ring (bicyclic) bond motifs is 5. The zero-order chi connectivity index (χ0) is 49.2. The molecule has 1 aliphatic heterocycles. The Morgan fingerprint density at radius 3 is 1.66 bits per heavy atom. The lowest BCUT2D eigenvalue weighted by Gasteiger charge is -2.11. The monoisotopic (exact) mass is 949 g/mol. The van der Waals surface area contributed by atoms with Crippen molar-refractivity contribution in [1.29, 1.82) is 0 Å². The van der Waals surface area contributed by atoms with E-state index in [1.165, 1.54) is 17.2 Å². The number of hydrogen-bond donors (Lipinski definition) is 1. The minimum Gasteiger partial charge on any atom is -0.345 e. The van der Waals surface area contributed by atoms with Gasteiger partial charge < -0.3 is 5.32 Å². The molecule has 10 heteroatoms. The van der Waals surface area contributed by atoms with Gasteiger partial charge in [-0.2, -0.15) is 12.8 Å². The van der Waals surface area contributed by atoms with Crippen LogP contribution in [0.1, 0.15) is 78.4 Å². The number of Topliss-reactive ketones (excluding diaryl/α,β-unsaturated/α-hetero) is 1. The number of benzene rings is 7. The molecule has 0 radical (unpaired) electrons. The summed E-state index contributed by atoms with van der Waals surface area (Å²) >= 11 is 0. The van der Waals surface area contributed by atoms with Crippen molar-refractivity contribution >= 4 is 60.6 Å². The highest BCUT2D eigenvalue weighted by Crippen LogP contribution is 2.35. The Morgan fingerprint density at radius 2 is 1.03 bits per heavy atom. The second-order valence-corrected chi connectivity index (χ2v) is 19.1. The van der Waals surface area contributed by atoms with Crippen molar-refractivity contribution in [2.45, 2.75) is 50.0 Å². The van der Waals surface area contributed by atoms with Crippen LogP contribution in [0.4, 0.5) is 0 Å². The Labute approximate surface area is 414 Å². The van der Waals surface area contributed by atoms with Crippen molar-refractivity contribution in [2.24, 2.45) is 4.40 Å². The Bertz CT molecular complexity index is 3510. The van der Waals surface area contributed by atoms with Crippen LogP contribution >= 0.6 is 0 Å². The molecular formula is C61H51N5O4S. The van der Waals surface area contributed by atoms with Gasteiger partial charge in [0, 0.05) is 63.4 Å². The molecule has 0 fully saturated rings. The van der Waals surface area contributed by atoms with Crippen LogP contribution in [-0.4, -0.2) is 41.3 Å². The van der Waals surface area contributed by atoms with Gasteiger partial charge in [-0.3, -0.25) is 24.5 Å². The molecule has 2 aliphatic rings. The van der Waals surface area contributed by atoms with Crippen LogP contribution in [0.25, 0.3) is 32.7 Å². The third-order valence-electron chi connectivity index (χ3n) is 12.4. The molecule has 12 rings (SSSR count). The first-order valence-electron chi connectivity index (χ1n) is 23.5. The number of sulfonamides is 1. The number of carbonyl (C=O) groups excluding carboxylic acids is 2. The Morgan fingerprint density at radius 1 is 0.521 bits per heavy atom. The predicted octanol–water partition coefficient (Wildman–Crippen LogP) is 12.8. The smallest absolute Gasteiger partial charge is 0.282 e. The van der Waals surface area contributed by atoms with Crippen LogP contribution in [-0.2, 0) is 22.9 Å². The number of pyridine rings is 3. The second-order valence-electron chi connectivity index (χ2n) is 17.5. The number of para-hydroxylation sites is 3. The van der Waals surface area contributed by atoms with E-state index in [2.05, 4.69) is 68.2 Å². The van der Waals surface area contributed by atoms with E-state index >= 15 is 0 Å². The van der Waals surface area contributed by atoms with Crippen molar-refractivity contribution in [3.8, 4) is 0 Å². The number of aryl methyl sites for hydroxylation is 2. The zero-order valence-electron chi connectivity index (χ0n) is 39.4. The lowest BCUT2D eigenvalue weighted by Crippen LogP contribution is -2.21. The molecule has 1 amide bonds. The molecule has 350 valence electrons. The van der Waals surface area contributed by atoms with Gasteiger partial charge in [0.15, 0.2) is 5.78 Å². The molecule has 1 aliphatic carbocycles. The topological polar surface area (TPSA) is 131 Å². The van der Waals surface area contributed by atoms with Crippen molar-refractivity contribution < 1.29 is 18.0 Å². The molecule has 9 nitrogen and oxygen atoms in total. The molecule has 71 heavy (non-hydrogen) atoms. The molecule has 7 aromatic carbocycles. The summed E-state index contributed by atoms with van der Waals surface area (Å²) < 4.78 is 27.5. The molecule has 0 bridgehead atoms. The van der Waals surface area contributed by atoms with E-state index in [1.807, 2.05) is 141 Å². The molecule has 2 unspecified atom stereocenters. The molecular weight excluding hydrogens is 899 g/mol. The number of amides is 1. The summed E-state index contributed by atoms with van der Waals surface area (Å²) in [6.07, 6.45) is 3.50. The normalized spacial score (nSPS) is 14.6. The summed E-state index contributed by atoms with van der Waals surface area (Å²) in [5.74, 6) is 0.537. The Balaban J connectivity index is 0.000000120. The highest BCUT2D eigenvalue weighted by atomic mass is 32.2. The molecule has 0 saturated carbocycles. The fraction of sp³-hybridized carbons (Fsp3) is 0.115. The number of carbonyl (C=O) groups is 2. The molecule has 0 spiro atoms. The van der Waals surface area contributed by atoms with Gasteiger partial charge in [0.25, 0.3) is 15.9 Å². The number of nitrogens with zero attached hydrogens (tertiary/aromatic N) is 4. The molecule has 10 aromatic rings. The third kappa shape index (κ3) is 11.9. The summed E-state index contributed by atoms with van der Waals surface area (Å²) in [6, 6.07) is 68.3. The van der Waals surface area contributed by atoms with Crippen LogP contribution in [0.15, 0.2) is 222 Å². The zero-order valence-corrected chi connectivity index (χ0v) is 40.2. The van der Waals surface area contributed by atoms with Crippen LogP contribution in [0.2, 0.25) is 0 Å². The third-order valence-corrected chi connectivity index (χ3v) is 13.6. The lowest BCUT2D eigenvalue weighted by atomic mass is 9.96. The number of aromatic nitrogens is 3. The van der Waals surface area contributed by atoms with Gasteiger partial charge in [0.05, 0.1) is 27.5 Å². The van der Waals surface area contributed by atoms with E-state index in [0.717, 1.165) is 78.6 Å². The number of rotatable bonds is 7. The van der Waals surface area contributed by atoms with Crippen LogP contribution in [0, 0.1) is 13.8 Å². The fourth-order valence-corrected chi connectivity index (χ4v) is 9.59. The van der Waals surface area contributed by atoms with Crippen molar-refractivity contribution in [1.82, 2.24) is 20.3 Å². The van der Waals surface area contributed by atoms with Gasteiger partial charge in [-0.25, -0.2) is 0 Å². The first kappa shape index (κ1) is 47.6. The maximum atomic E-state index is 12.1. The highest BCUT2D eigenvalue weighted by molar-refractivity contribution is 7.90. The minimum absolute atomic E-state index is 0.0105. The van der Waals surface area contributed by atoms with Crippen molar-refractivity contribution in [2.75, 3.05) is 0 Å². The summed E-state index contributed by atoms with van der Waals surface area (Å²) in [6.45, 7) is 3.91. The van der Waals surface area contributed by atoms with E-state index in [4.69, 9.17) is 4.98 Å². The highest BCUT2D eigenvalue weighted by Gasteiger charge is 2.30. The minimum atomic E-state index is -3.61. The standard InChI is InChI=1S/C19H15NO.C18H14N2O.C14H13NO2S.C10H9N/c21-19-12-14(16-6-2-3-7-17(16)19)11-15-10-9-13-5-1-4-8-18(13)20-15;21-18-15-7-3-2-6-14(15)17(20-18)11-13-10-9-12-5-1-4-8-16(12)19-13;1-12-7-9-14(10-8-12)18(16,17)15-11-13-5-3-2-4-6-13;1-8-6-7-9-4-2-3-5-10(9)11-8/h1-10,14H,11-12H2;1-10,17H,11H2,(H,20,21);2-11H,1H3;2-7H,1H3. The quantitative estimate of drug-likeness (QED) is 0.157. The molecule has 2 atom stereocenters. The molecule has 4 heterocycles. The Hall–Kier alpha value is -8.47. The molecule has 0 saturated heterocycles. The number of hydrogen-bond acceptors (Lipinski definition) is 7. The van der Waals surface area contributed by atoms with E-state index in [-0.39, 0.29) is 28.5 Å². The lowest BCUT2D eigenvalue weighted by molar-refractivity contribution is 0.0954. The molecule has 1 N–H and O–H groups in total. The summed E-state index contributed by atoms with van der Waals surface area (Å²) in [7, 11) is -3.61. The predicted molar refractivity (Wildman–Crippen MR) is 285 cm³/mol. The first-order valence-corrected chi connectivity index (χ1v) is 25.0. The maximum absolute atomic E-state index is 12.1. The number of ketones is 1. The van der Waals surface area contributed by atoms with Gasteiger partial charge >= 0.3 is 0 Å². The van der Waals surface area contributed by atoms with E-state index in [0.29, 0.717) is 12.8 Å². The van der Waals surface area contributed by atoms with E-state index in [1.54, 1.807) is 36.4 Å². The van der Waals surface area contributed by atoms with E-state index in [9.17, 15) is 18.0 Å².